The molecule has 9 heteroatoms. The first-order valence-corrected chi connectivity index (χ1v) is 14.5. The first-order chi connectivity index (χ1) is 18.1. The van der Waals surface area contributed by atoms with Crippen LogP contribution in [0, 0.1) is 0 Å². The molecular formula is C28H39ClN8. The summed E-state index contributed by atoms with van der Waals surface area (Å²) in [6.07, 6.45) is 13.3. The van der Waals surface area contributed by atoms with Gasteiger partial charge in [0.1, 0.15) is 0 Å². The number of nitrogens with two attached hydrogens (primary N) is 1. The van der Waals surface area contributed by atoms with E-state index in [1.807, 2.05) is 18.5 Å². The van der Waals surface area contributed by atoms with Gasteiger partial charge < -0.3 is 20.9 Å². The summed E-state index contributed by atoms with van der Waals surface area (Å²) in [7, 11) is 0. The van der Waals surface area contributed by atoms with Gasteiger partial charge in [-0.3, -0.25) is 4.90 Å². The van der Waals surface area contributed by atoms with Crippen LogP contribution in [0.1, 0.15) is 75.8 Å². The number of anilines is 2. The molecule has 3 heterocycles. The molecule has 1 aromatic carbocycles. The summed E-state index contributed by atoms with van der Waals surface area (Å²) in [5.41, 5.74) is 9.18. The van der Waals surface area contributed by atoms with Gasteiger partial charge in [0.25, 0.3) is 0 Å². The van der Waals surface area contributed by atoms with Crippen molar-refractivity contribution in [3.05, 3.63) is 41.2 Å². The summed E-state index contributed by atoms with van der Waals surface area (Å²) >= 11 is 6.40. The zero-order valence-electron chi connectivity index (χ0n) is 21.6. The number of nitrogens with zero attached hydrogens (tertiary/aromatic N) is 5. The largest absolute Gasteiger partial charge is 0.365 e. The maximum Gasteiger partial charge on any atom is 0.227 e. The van der Waals surface area contributed by atoms with Crippen molar-refractivity contribution in [2.75, 3.05) is 23.7 Å². The Bertz CT molecular complexity index is 1190. The predicted molar refractivity (Wildman–Crippen MR) is 150 cm³/mol. The monoisotopic (exact) mass is 522 g/mol. The Hall–Kier alpha value is -2.42. The average Bonchev–Trinajstić information content (AvgIpc) is 3.58. The Morgan fingerprint density at radius 2 is 1.62 bits per heavy atom. The van der Waals surface area contributed by atoms with E-state index in [0.717, 1.165) is 80.2 Å². The van der Waals surface area contributed by atoms with Crippen molar-refractivity contribution in [3.8, 4) is 0 Å². The molecule has 198 valence electrons. The zero-order valence-corrected chi connectivity index (χ0v) is 22.3. The number of halogens is 1. The van der Waals surface area contributed by atoms with E-state index in [9.17, 15) is 0 Å². The Labute approximate surface area is 224 Å². The number of rotatable bonds is 7. The maximum atomic E-state index is 6.40. The van der Waals surface area contributed by atoms with E-state index in [1.54, 1.807) is 0 Å². The third-order valence-corrected chi connectivity index (χ3v) is 8.89. The number of imidazole rings is 1. The summed E-state index contributed by atoms with van der Waals surface area (Å²) < 4.78 is 2.30. The molecule has 0 unspecified atom stereocenters. The zero-order chi connectivity index (χ0) is 25.2. The summed E-state index contributed by atoms with van der Waals surface area (Å²) in [5.74, 6) is 1.58. The molecule has 0 radical (unpaired) electrons. The predicted octanol–water partition coefficient (Wildman–Crippen LogP) is 5.35. The van der Waals surface area contributed by atoms with Crippen LogP contribution in [0.3, 0.4) is 0 Å². The third-order valence-electron chi connectivity index (χ3n) is 8.52. The number of hydrogen-bond donors (Lipinski definition) is 3. The standard InChI is InChI=1S/C28H39ClN8/c29-24-8-4-1-5-19(24)17-36-15-13-22(14-16-36)32-26-25-27(37(18-31-25)23-6-2-3-7-23)35-28(34-26)33-21-11-9-20(30)10-12-21/h1,4-5,8,18,20-23H,2-3,6-7,9-17,30H2,(H2,32,33,34,35). The third kappa shape index (κ3) is 5.71. The van der Waals surface area contributed by atoms with Crippen LogP contribution in [0.2, 0.25) is 5.02 Å². The van der Waals surface area contributed by atoms with E-state index in [-0.39, 0.29) is 0 Å². The van der Waals surface area contributed by atoms with Crippen LogP contribution in [0.5, 0.6) is 0 Å². The molecule has 1 aliphatic heterocycles. The van der Waals surface area contributed by atoms with E-state index in [0.29, 0.717) is 30.1 Å². The minimum absolute atomic E-state index is 0.325. The van der Waals surface area contributed by atoms with E-state index < -0.39 is 0 Å². The highest BCUT2D eigenvalue weighted by Gasteiger charge is 2.26. The smallest absolute Gasteiger partial charge is 0.227 e. The SMILES string of the molecule is NC1CCC(Nc2nc(NC3CCN(Cc4ccccc4Cl)CC3)c3ncn(C4CCCC4)c3n2)CC1. The number of aromatic nitrogens is 4. The van der Waals surface area contributed by atoms with Crippen LogP contribution in [0.25, 0.3) is 11.2 Å². The van der Waals surface area contributed by atoms with Crippen LogP contribution >= 0.6 is 11.6 Å². The summed E-state index contributed by atoms with van der Waals surface area (Å²) in [6.45, 7) is 2.96. The summed E-state index contributed by atoms with van der Waals surface area (Å²) in [5, 5.41) is 8.26. The highest BCUT2D eigenvalue weighted by molar-refractivity contribution is 6.31. The van der Waals surface area contributed by atoms with Crippen molar-refractivity contribution >= 4 is 34.5 Å². The van der Waals surface area contributed by atoms with Gasteiger partial charge in [0.05, 0.1) is 6.33 Å². The molecule has 8 nitrogen and oxygen atoms in total. The van der Waals surface area contributed by atoms with Crippen molar-refractivity contribution in [1.82, 2.24) is 24.4 Å². The van der Waals surface area contributed by atoms with Gasteiger partial charge in [0.15, 0.2) is 17.0 Å². The Morgan fingerprint density at radius 1 is 0.892 bits per heavy atom. The molecule has 37 heavy (non-hydrogen) atoms. The normalized spacial score (nSPS) is 24.1. The lowest BCUT2D eigenvalue weighted by Gasteiger charge is -2.33. The number of likely N-dealkylation sites (tertiary alicyclic amines) is 1. The fraction of sp³-hybridized carbons (Fsp3) is 0.607. The lowest BCUT2D eigenvalue weighted by molar-refractivity contribution is 0.211. The van der Waals surface area contributed by atoms with Crippen LogP contribution in [0.4, 0.5) is 11.8 Å². The molecule has 2 aromatic heterocycles. The van der Waals surface area contributed by atoms with Crippen LogP contribution in [0.15, 0.2) is 30.6 Å². The molecule has 3 aromatic rings. The van der Waals surface area contributed by atoms with Crippen molar-refractivity contribution in [3.63, 3.8) is 0 Å². The first kappa shape index (κ1) is 24.9. The number of fused-ring (bicyclic) bond motifs is 1. The molecule has 2 saturated carbocycles. The molecule has 6 rings (SSSR count). The highest BCUT2D eigenvalue weighted by atomic mass is 35.5. The van der Waals surface area contributed by atoms with Gasteiger partial charge in [-0.05, 0) is 63.0 Å². The summed E-state index contributed by atoms with van der Waals surface area (Å²) in [6, 6.07) is 9.70. The van der Waals surface area contributed by atoms with Crippen molar-refractivity contribution in [1.29, 1.82) is 0 Å². The number of hydrogen-bond acceptors (Lipinski definition) is 7. The molecule has 3 aliphatic rings. The fourth-order valence-corrected chi connectivity index (χ4v) is 6.47. The van der Waals surface area contributed by atoms with Crippen LogP contribution in [-0.4, -0.2) is 55.6 Å². The van der Waals surface area contributed by atoms with Gasteiger partial charge in [0, 0.05) is 48.8 Å². The Balaban J connectivity index is 1.18. The second kappa shape index (κ2) is 11.1. The minimum atomic E-state index is 0.325. The molecule has 0 spiro atoms. The molecule has 0 amide bonds. The minimum Gasteiger partial charge on any atom is -0.365 e. The Kier molecular flexibility index (Phi) is 7.49. The molecule has 4 N–H and O–H groups in total. The number of benzene rings is 1. The van der Waals surface area contributed by atoms with Gasteiger partial charge >= 0.3 is 0 Å². The van der Waals surface area contributed by atoms with E-state index >= 15 is 0 Å². The van der Waals surface area contributed by atoms with Gasteiger partial charge in [-0.2, -0.15) is 9.97 Å². The fourth-order valence-electron chi connectivity index (χ4n) is 6.27. The van der Waals surface area contributed by atoms with Crippen molar-refractivity contribution in [2.45, 2.75) is 94.9 Å². The van der Waals surface area contributed by atoms with Gasteiger partial charge in [-0.1, -0.05) is 42.6 Å². The lowest BCUT2D eigenvalue weighted by Crippen LogP contribution is -2.39. The van der Waals surface area contributed by atoms with E-state index in [2.05, 4.69) is 32.2 Å². The van der Waals surface area contributed by atoms with Crippen molar-refractivity contribution < 1.29 is 0 Å². The second-order valence-electron chi connectivity index (χ2n) is 11.2. The van der Waals surface area contributed by atoms with E-state index in [1.165, 1.54) is 31.2 Å². The quantitative estimate of drug-likeness (QED) is 0.384. The summed E-state index contributed by atoms with van der Waals surface area (Å²) in [4.78, 5) is 17.3. The average molecular weight is 523 g/mol. The molecular weight excluding hydrogens is 484 g/mol. The van der Waals surface area contributed by atoms with Crippen LogP contribution in [-0.2, 0) is 6.54 Å². The lowest BCUT2D eigenvalue weighted by atomic mass is 9.92. The van der Waals surface area contributed by atoms with Gasteiger partial charge in [-0.15, -0.1) is 0 Å². The molecule has 2 aliphatic carbocycles. The number of nitrogens with one attached hydrogen (secondary N) is 2. The molecule has 1 saturated heterocycles. The molecule has 0 bridgehead atoms. The van der Waals surface area contributed by atoms with Gasteiger partial charge in [0.2, 0.25) is 5.95 Å². The Morgan fingerprint density at radius 3 is 2.38 bits per heavy atom. The van der Waals surface area contributed by atoms with E-state index in [4.69, 9.17) is 32.3 Å². The second-order valence-corrected chi connectivity index (χ2v) is 11.6. The van der Waals surface area contributed by atoms with Gasteiger partial charge in [-0.25, -0.2) is 4.98 Å². The molecule has 3 fully saturated rings. The topological polar surface area (TPSA) is 96.9 Å². The van der Waals surface area contributed by atoms with Crippen molar-refractivity contribution in [2.24, 2.45) is 5.73 Å². The first-order valence-electron chi connectivity index (χ1n) is 14.1. The number of piperidine rings is 1. The maximum absolute atomic E-state index is 6.40. The van der Waals surface area contributed by atoms with Crippen LogP contribution < -0.4 is 16.4 Å². The molecule has 0 atom stereocenters. The highest BCUT2D eigenvalue weighted by Crippen LogP contribution is 2.34.